The lowest BCUT2D eigenvalue weighted by molar-refractivity contribution is 0.686. The van der Waals surface area contributed by atoms with E-state index in [4.69, 9.17) is 16.3 Å². The van der Waals surface area contributed by atoms with E-state index in [-0.39, 0.29) is 17.3 Å². The molecule has 0 unspecified atom stereocenters. The van der Waals surface area contributed by atoms with Crippen molar-refractivity contribution in [3.05, 3.63) is 41.7 Å². The summed E-state index contributed by atoms with van der Waals surface area (Å²) in [5.41, 5.74) is 7.11. The van der Waals surface area contributed by atoms with Gasteiger partial charge in [-0.15, -0.1) is 0 Å². The van der Waals surface area contributed by atoms with Gasteiger partial charge in [-0.2, -0.15) is 10.5 Å². The zero-order valence-electron chi connectivity index (χ0n) is 11.1. The third-order valence-corrected chi connectivity index (χ3v) is 3.06. The van der Waals surface area contributed by atoms with Gasteiger partial charge in [-0.3, -0.25) is 4.57 Å². The number of aromatic nitrogens is 2. The molecule has 0 aliphatic carbocycles. The van der Waals surface area contributed by atoms with Crippen LogP contribution in [0.1, 0.15) is 11.4 Å². The number of nitrogens with zero attached hydrogens (tertiary/aromatic N) is 5. The third kappa shape index (κ3) is 2.55. The summed E-state index contributed by atoms with van der Waals surface area (Å²) in [5, 5.41) is 18.0. The number of benzene rings is 1. The monoisotopic (exact) mass is 266 g/mol. The van der Waals surface area contributed by atoms with E-state index in [1.807, 2.05) is 54.4 Å². The SMILES string of the molecule is CN(CCn1c(N)nc(C#N)c1C#N)c1ccccc1. The highest BCUT2D eigenvalue weighted by atomic mass is 15.2. The van der Waals surface area contributed by atoms with E-state index in [1.165, 1.54) is 0 Å². The Hall–Kier alpha value is -2.99. The maximum Gasteiger partial charge on any atom is 0.202 e. The Morgan fingerprint density at radius 2 is 1.95 bits per heavy atom. The fourth-order valence-electron chi connectivity index (χ4n) is 1.95. The summed E-state index contributed by atoms with van der Waals surface area (Å²) in [7, 11) is 1.96. The number of hydrogen-bond donors (Lipinski definition) is 1. The standard InChI is InChI=1S/C14H14N6/c1-19(11-5-3-2-4-6-11)7-8-20-13(10-16)12(9-15)18-14(20)17/h2-6H,7-8H2,1H3,(H2,17,18). The van der Waals surface area contributed by atoms with Crippen LogP contribution in [0, 0.1) is 22.7 Å². The molecule has 0 atom stereocenters. The van der Waals surface area contributed by atoms with Crippen LogP contribution >= 0.6 is 0 Å². The van der Waals surface area contributed by atoms with Crippen molar-refractivity contribution >= 4 is 11.6 Å². The predicted octanol–water partition coefficient (Wildman–Crippen LogP) is 1.35. The number of para-hydroxylation sites is 1. The van der Waals surface area contributed by atoms with Crippen molar-refractivity contribution in [1.82, 2.24) is 9.55 Å². The van der Waals surface area contributed by atoms with Gasteiger partial charge in [0.05, 0.1) is 0 Å². The quantitative estimate of drug-likeness (QED) is 0.901. The van der Waals surface area contributed by atoms with Crippen LogP contribution in [0.4, 0.5) is 11.6 Å². The van der Waals surface area contributed by atoms with Crippen molar-refractivity contribution in [2.24, 2.45) is 0 Å². The van der Waals surface area contributed by atoms with Crippen LogP contribution in [0.2, 0.25) is 0 Å². The van der Waals surface area contributed by atoms with Gasteiger partial charge in [0, 0.05) is 25.8 Å². The molecule has 20 heavy (non-hydrogen) atoms. The lowest BCUT2D eigenvalue weighted by atomic mass is 10.3. The number of hydrogen-bond acceptors (Lipinski definition) is 5. The van der Waals surface area contributed by atoms with Crippen molar-refractivity contribution in [2.75, 3.05) is 24.2 Å². The molecular weight excluding hydrogens is 252 g/mol. The Morgan fingerprint density at radius 3 is 2.55 bits per heavy atom. The largest absolute Gasteiger partial charge is 0.373 e. The smallest absolute Gasteiger partial charge is 0.202 e. The van der Waals surface area contributed by atoms with E-state index < -0.39 is 0 Å². The maximum absolute atomic E-state index is 9.09. The molecule has 0 fully saturated rings. The summed E-state index contributed by atoms with van der Waals surface area (Å²) in [6.45, 7) is 1.15. The van der Waals surface area contributed by atoms with Crippen LogP contribution in [0.3, 0.4) is 0 Å². The second-order valence-electron chi connectivity index (χ2n) is 4.30. The third-order valence-electron chi connectivity index (χ3n) is 3.06. The molecule has 6 heteroatoms. The molecule has 2 N–H and O–H groups in total. The molecule has 1 aromatic heterocycles. The van der Waals surface area contributed by atoms with Gasteiger partial charge in [0.1, 0.15) is 12.1 Å². The number of rotatable bonds is 4. The van der Waals surface area contributed by atoms with Gasteiger partial charge in [0.25, 0.3) is 0 Å². The Bertz CT molecular complexity index is 674. The predicted molar refractivity (Wildman–Crippen MR) is 75.8 cm³/mol. The minimum Gasteiger partial charge on any atom is -0.373 e. The van der Waals surface area contributed by atoms with Gasteiger partial charge in [-0.25, -0.2) is 4.98 Å². The summed E-state index contributed by atoms with van der Waals surface area (Å²) in [5.74, 6) is 0.194. The molecule has 0 radical (unpaired) electrons. The molecule has 0 saturated carbocycles. The minimum atomic E-state index is 0.0763. The van der Waals surface area contributed by atoms with Crippen LogP contribution < -0.4 is 10.6 Å². The molecule has 100 valence electrons. The van der Waals surface area contributed by atoms with Crippen molar-refractivity contribution in [3.8, 4) is 12.1 Å². The molecule has 0 aliphatic heterocycles. The van der Waals surface area contributed by atoms with E-state index in [0.29, 0.717) is 13.1 Å². The fraction of sp³-hybridized carbons (Fsp3) is 0.214. The Labute approximate surface area is 117 Å². The number of nitrogen functional groups attached to an aromatic ring is 1. The summed E-state index contributed by atoms with van der Waals surface area (Å²) in [6.07, 6.45) is 0. The number of nitrogens with two attached hydrogens (primary N) is 1. The second-order valence-corrected chi connectivity index (χ2v) is 4.30. The molecule has 0 spiro atoms. The average Bonchev–Trinajstić information content (AvgIpc) is 2.80. The van der Waals surface area contributed by atoms with Crippen LogP contribution in [0.25, 0.3) is 0 Å². The lowest BCUT2D eigenvalue weighted by Crippen LogP contribution is -2.23. The first-order valence-electron chi connectivity index (χ1n) is 6.09. The van der Waals surface area contributed by atoms with Gasteiger partial charge in [-0.05, 0) is 12.1 Å². The molecule has 2 aromatic rings. The highest BCUT2D eigenvalue weighted by molar-refractivity contribution is 5.46. The fourth-order valence-corrected chi connectivity index (χ4v) is 1.95. The van der Waals surface area contributed by atoms with Crippen molar-refractivity contribution in [1.29, 1.82) is 10.5 Å². The lowest BCUT2D eigenvalue weighted by Gasteiger charge is -2.19. The molecule has 2 rings (SSSR count). The number of likely N-dealkylation sites (N-methyl/N-ethyl adjacent to an activating group) is 1. The molecule has 1 aromatic carbocycles. The number of nitriles is 2. The summed E-state index contributed by atoms with van der Waals surface area (Å²) in [6, 6.07) is 13.7. The Kier molecular flexibility index (Phi) is 3.88. The summed E-state index contributed by atoms with van der Waals surface area (Å²) < 4.78 is 1.57. The van der Waals surface area contributed by atoms with Gasteiger partial charge in [0.15, 0.2) is 11.4 Å². The number of imidazole rings is 1. The average molecular weight is 266 g/mol. The molecule has 0 bridgehead atoms. The van der Waals surface area contributed by atoms with Crippen LogP contribution in [-0.2, 0) is 6.54 Å². The first-order chi connectivity index (χ1) is 9.67. The first kappa shape index (κ1) is 13.4. The van der Waals surface area contributed by atoms with Crippen LogP contribution in [0.15, 0.2) is 30.3 Å². The van der Waals surface area contributed by atoms with Gasteiger partial charge in [-0.1, -0.05) is 18.2 Å². The van der Waals surface area contributed by atoms with Crippen molar-refractivity contribution < 1.29 is 0 Å². The van der Waals surface area contributed by atoms with E-state index in [9.17, 15) is 0 Å². The van der Waals surface area contributed by atoms with Gasteiger partial charge < -0.3 is 10.6 Å². The topological polar surface area (TPSA) is 94.7 Å². The molecular formula is C14H14N6. The summed E-state index contributed by atoms with van der Waals surface area (Å²) in [4.78, 5) is 5.94. The Balaban J connectivity index is 2.15. The Morgan fingerprint density at radius 1 is 1.25 bits per heavy atom. The van der Waals surface area contributed by atoms with Gasteiger partial charge >= 0.3 is 0 Å². The van der Waals surface area contributed by atoms with E-state index in [0.717, 1.165) is 5.69 Å². The molecule has 0 amide bonds. The highest BCUT2D eigenvalue weighted by Gasteiger charge is 2.15. The van der Waals surface area contributed by atoms with Crippen molar-refractivity contribution in [3.63, 3.8) is 0 Å². The zero-order chi connectivity index (χ0) is 14.5. The highest BCUT2D eigenvalue weighted by Crippen LogP contribution is 2.14. The van der Waals surface area contributed by atoms with Crippen LogP contribution in [0.5, 0.6) is 0 Å². The normalized spacial score (nSPS) is 9.75. The van der Waals surface area contributed by atoms with Crippen LogP contribution in [-0.4, -0.2) is 23.1 Å². The number of anilines is 2. The first-order valence-corrected chi connectivity index (χ1v) is 6.09. The van der Waals surface area contributed by atoms with E-state index >= 15 is 0 Å². The molecule has 6 nitrogen and oxygen atoms in total. The van der Waals surface area contributed by atoms with E-state index in [1.54, 1.807) is 4.57 Å². The molecule has 0 aliphatic rings. The minimum absolute atomic E-state index is 0.0763. The maximum atomic E-state index is 9.09. The van der Waals surface area contributed by atoms with Gasteiger partial charge in [0.2, 0.25) is 5.95 Å². The summed E-state index contributed by atoms with van der Waals surface area (Å²) >= 11 is 0. The van der Waals surface area contributed by atoms with Crippen molar-refractivity contribution in [2.45, 2.75) is 6.54 Å². The molecule has 1 heterocycles. The van der Waals surface area contributed by atoms with E-state index in [2.05, 4.69) is 4.98 Å². The molecule has 0 saturated heterocycles. The second kappa shape index (κ2) is 5.77. The zero-order valence-corrected chi connectivity index (χ0v) is 11.1.